The fourth-order valence-electron chi connectivity index (χ4n) is 3.79. The number of nitrogens with zero attached hydrogens (tertiary/aromatic N) is 2. The Bertz CT molecular complexity index is 972. The highest BCUT2D eigenvalue weighted by Crippen LogP contribution is 2.23. The molecule has 0 unspecified atom stereocenters. The van der Waals surface area contributed by atoms with E-state index in [0.717, 1.165) is 42.5 Å². The first kappa shape index (κ1) is 18.6. The maximum absolute atomic E-state index is 13.1. The van der Waals surface area contributed by atoms with Gasteiger partial charge in [0.15, 0.2) is 0 Å². The average Bonchev–Trinajstić information content (AvgIpc) is 3.11. The molecule has 1 amide bonds. The highest BCUT2D eigenvalue weighted by molar-refractivity contribution is 5.97. The lowest BCUT2D eigenvalue weighted by Crippen LogP contribution is -2.46. The molecule has 0 saturated carbocycles. The second-order valence-corrected chi connectivity index (χ2v) is 7.71. The number of carbonyl (C=O) groups excluding carboxylic acids is 1. The number of hydrogen-bond donors (Lipinski definition) is 2. The van der Waals surface area contributed by atoms with Crippen LogP contribution in [0.4, 0.5) is 4.39 Å². The molecule has 0 bridgehead atoms. The van der Waals surface area contributed by atoms with Crippen molar-refractivity contribution in [2.45, 2.75) is 38.8 Å². The Hall–Kier alpha value is -2.73. The summed E-state index contributed by atoms with van der Waals surface area (Å²) in [5.74, 6) is 0.447. The van der Waals surface area contributed by atoms with Gasteiger partial charge in [0, 0.05) is 36.3 Å². The summed E-state index contributed by atoms with van der Waals surface area (Å²) in [5.41, 5.74) is 3.07. The standard InChI is InChI=1S/C22H25FN4O/c1-14(2)24-18-9-11-27(12-10-18)22(28)16-5-8-19-20(13-16)26-21(25-19)15-3-6-17(23)7-4-15/h3-8,13-14,18,24H,9-12H2,1-2H3,(H,25,26). The molecule has 0 aliphatic carbocycles. The van der Waals surface area contributed by atoms with Crippen LogP contribution < -0.4 is 5.32 Å². The molecule has 1 aliphatic heterocycles. The SMILES string of the molecule is CC(C)NC1CCN(C(=O)c2ccc3nc(-c4ccc(F)cc4)[nH]c3c2)CC1. The Morgan fingerprint density at radius 2 is 1.89 bits per heavy atom. The molecule has 5 nitrogen and oxygen atoms in total. The van der Waals surface area contributed by atoms with Crippen LogP contribution in [-0.2, 0) is 0 Å². The van der Waals surface area contributed by atoms with Crippen molar-refractivity contribution in [1.82, 2.24) is 20.2 Å². The van der Waals surface area contributed by atoms with E-state index in [1.165, 1.54) is 12.1 Å². The number of aromatic amines is 1. The van der Waals surface area contributed by atoms with Crippen LogP contribution in [0.5, 0.6) is 0 Å². The van der Waals surface area contributed by atoms with E-state index in [9.17, 15) is 9.18 Å². The molecule has 6 heteroatoms. The third-order valence-electron chi connectivity index (χ3n) is 5.20. The van der Waals surface area contributed by atoms with Crippen molar-refractivity contribution in [2.75, 3.05) is 13.1 Å². The monoisotopic (exact) mass is 380 g/mol. The van der Waals surface area contributed by atoms with Gasteiger partial charge >= 0.3 is 0 Å². The predicted molar refractivity (Wildman–Crippen MR) is 109 cm³/mol. The summed E-state index contributed by atoms with van der Waals surface area (Å²) in [6.07, 6.45) is 1.95. The molecular formula is C22H25FN4O. The van der Waals surface area contributed by atoms with Gasteiger partial charge in [-0.2, -0.15) is 0 Å². The highest BCUT2D eigenvalue weighted by atomic mass is 19.1. The smallest absolute Gasteiger partial charge is 0.253 e. The van der Waals surface area contributed by atoms with Crippen molar-refractivity contribution in [3.63, 3.8) is 0 Å². The van der Waals surface area contributed by atoms with Gasteiger partial charge in [0.1, 0.15) is 11.6 Å². The molecular weight excluding hydrogens is 355 g/mol. The number of imidazole rings is 1. The van der Waals surface area contributed by atoms with Crippen LogP contribution in [0.25, 0.3) is 22.4 Å². The summed E-state index contributed by atoms with van der Waals surface area (Å²) in [6, 6.07) is 12.7. The molecule has 2 aromatic carbocycles. The lowest BCUT2D eigenvalue weighted by molar-refractivity contribution is 0.0703. The van der Waals surface area contributed by atoms with E-state index >= 15 is 0 Å². The minimum atomic E-state index is -0.278. The van der Waals surface area contributed by atoms with E-state index in [1.54, 1.807) is 12.1 Å². The number of benzene rings is 2. The van der Waals surface area contributed by atoms with Gasteiger partial charge in [-0.25, -0.2) is 9.37 Å². The summed E-state index contributed by atoms with van der Waals surface area (Å²) in [4.78, 5) is 22.6. The second-order valence-electron chi connectivity index (χ2n) is 7.71. The molecule has 2 heterocycles. The molecule has 1 saturated heterocycles. The van der Waals surface area contributed by atoms with Crippen LogP contribution >= 0.6 is 0 Å². The number of aromatic nitrogens is 2. The van der Waals surface area contributed by atoms with E-state index in [-0.39, 0.29) is 11.7 Å². The summed E-state index contributed by atoms with van der Waals surface area (Å²) >= 11 is 0. The fourth-order valence-corrected chi connectivity index (χ4v) is 3.79. The number of hydrogen-bond acceptors (Lipinski definition) is 3. The van der Waals surface area contributed by atoms with E-state index in [0.29, 0.717) is 23.5 Å². The zero-order chi connectivity index (χ0) is 19.7. The Morgan fingerprint density at radius 3 is 2.57 bits per heavy atom. The van der Waals surface area contributed by atoms with Crippen molar-refractivity contribution in [2.24, 2.45) is 0 Å². The lowest BCUT2D eigenvalue weighted by atomic mass is 10.0. The molecule has 4 rings (SSSR count). The number of likely N-dealkylation sites (tertiary alicyclic amines) is 1. The first-order valence-electron chi connectivity index (χ1n) is 9.80. The van der Waals surface area contributed by atoms with Gasteiger partial charge in [-0.15, -0.1) is 0 Å². The minimum Gasteiger partial charge on any atom is -0.339 e. The summed E-state index contributed by atoms with van der Waals surface area (Å²) in [7, 11) is 0. The van der Waals surface area contributed by atoms with Gasteiger partial charge in [-0.3, -0.25) is 4.79 Å². The molecule has 1 aliphatic rings. The van der Waals surface area contributed by atoms with Gasteiger partial charge in [0.25, 0.3) is 5.91 Å². The summed E-state index contributed by atoms with van der Waals surface area (Å²) in [6.45, 7) is 5.84. The van der Waals surface area contributed by atoms with Crippen LogP contribution in [0.15, 0.2) is 42.5 Å². The minimum absolute atomic E-state index is 0.0582. The summed E-state index contributed by atoms with van der Waals surface area (Å²) in [5, 5.41) is 3.55. The number of rotatable bonds is 4. The first-order valence-corrected chi connectivity index (χ1v) is 9.80. The van der Waals surface area contributed by atoms with Gasteiger partial charge < -0.3 is 15.2 Å². The molecule has 0 atom stereocenters. The largest absolute Gasteiger partial charge is 0.339 e. The van der Waals surface area contributed by atoms with Gasteiger partial charge in [-0.05, 0) is 55.3 Å². The van der Waals surface area contributed by atoms with E-state index < -0.39 is 0 Å². The second kappa shape index (κ2) is 7.72. The Kier molecular flexibility index (Phi) is 5.13. The zero-order valence-corrected chi connectivity index (χ0v) is 16.2. The van der Waals surface area contributed by atoms with Gasteiger partial charge in [-0.1, -0.05) is 13.8 Å². The summed E-state index contributed by atoms with van der Waals surface area (Å²) < 4.78 is 13.1. The van der Waals surface area contributed by atoms with Gasteiger partial charge in [0.05, 0.1) is 11.0 Å². The lowest BCUT2D eigenvalue weighted by Gasteiger charge is -2.33. The third kappa shape index (κ3) is 3.92. The number of carbonyl (C=O) groups is 1. The van der Waals surface area contributed by atoms with Gasteiger partial charge in [0.2, 0.25) is 0 Å². The van der Waals surface area contributed by atoms with E-state index in [2.05, 4.69) is 29.1 Å². The molecule has 146 valence electrons. The molecule has 28 heavy (non-hydrogen) atoms. The number of halogens is 1. The van der Waals surface area contributed by atoms with E-state index in [1.807, 2.05) is 23.1 Å². The Labute approximate surface area is 164 Å². The number of amides is 1. The molecule has 2 N–H and O–H groups in total. The maximum atomic E-state index is 13.1. The van der Waals surface area contributed by atoms with Crippen molar-refractivity contribution in [3.05, 3.63) is 53.8 Å². The molecule has 0 radical (unpaired) electrons. The van der Waals surface area contributed by atoms with Crippen LogP contribution in [0.3, 0.4) is 0 Å². The van der Waals surface area contributed by atoms with Crippen LogP contribution in [0, 0.1) is 5.82 Å². The number of piperidine rings is 1. The number of fused-ring (bicyclic) bond motifs is 1. The van der Waals surface area contributed by atoms with Crippen LogP contribution in [0.2, 0.25) is 0 Å². The Balaban J connectivity index is 1.50. The Morgan fingerprint density at radius 1 is 1.18 bits per heavy atom. The molecule has 1 aromatic heterocycles. The normalized spacial score (nSPS) is 15.5. The first-order chi connectivity index (χ1) is 13.5. The molecule has 1 fully saturated rings. The van der Waals surface area contributed by atoms with Crippen molar-refractivity contribution in [3.8, 4) is 11.4 Å². The quantitative estimate of drug-likeness (QED) is 0.720. The topological polar surface area (TPSA) is 61.0 Å². The van der Waals surface area contributed by atoms with Crippen molar-refractivity contribution in [1.29, 1.82) is 0 Å². The maximum Gasteiger partial charge on any atom is 0.253 e. The molecule has 3 aromatic rings. The third-order valence-corrected chi connectivity index (χ3v) is 5.20. The number of H-pyrrole nitrogens is 1. The van der Waals surface area contributed by atoms with Crippen molar-refractivity contribution >= 4 is 16.9 Å². The van der Waals surface area contributed by atoms with E-state index in [4.69, 9.17) is 0 Å². The van der Waals surface area contributed by atoms with Crippen molar-refractivity contribution < 1.29 is 9.18 Å². The number of nitrogens with one attached hydrogen (secondary N) is 2. The highest BCUT2D eigenvalue weighted by Gasteiger charge is 2.24. The van der Waals surface area contributed by atoms with Crippen LogP contribution in [-0.4, -0.2) is 45.9 Å². The fraction of sp³-hybridized carbons (Fsp3) is 0.364. The predicted octanol–water partition coefficient (Wildman–Crippen LogP) is 3.97. The van der Waals surface area contributed by atoms with Crippen LogP contribution in [0.1, 0.15) is 37.0 Å². The molecule has 0 spiro atoms. The zero-order valence-electron chi connectivity index (χ0n) is 16.2. The average molecular weight is 380 g/mol.